The summed E-state index contributed by atoms with van der Waals surface area (Å²) in [6.07, 6.45) is -6.37. The average Bonchev–Trinajstić information content (AvgIpc) is 3.70. The third-order valence-corrected chi connectivity index (χ3v) is 9.32. The molecule has 18 nitrogen and oxygen atoms in total. The second-order valence-corrected chi connectivity index (χ2v) is 14.0. The lowest BCUT2D eigenvalue weighted by Gasteiger charge is -2.46. The van der Waals surface area contributed by atoms with Crippen molar-refractivity contribution in [1.29, 1.82) is 0 Å². The minimum Gasteiger partial charge on any atom is -0.463 e. The largest absolute Gasteiger partial charge is 0.463 e. The molecule has 0 spiro atoms. The molecular weight excluding hydrogens is 760 g/mol. The number of hydrogen-bond acceptors (Lipinski definition) is 14. The van der Waals surface area contributed by atoms with Crippen molar-refractivity contribution in [3.05, 3.63) is 71.8 Å². The van der Waals surface area contributed by atoms with E-state index in [2.05, 4.69) is 10.6 Å². The number of nitrogens with zero attached hydrogens (tertiary/aromatic N) is 1. The van der Waals surface area contributed by atoms with Crippen LogP contribution in [0.2, 0.25) is 0 Å². The van der Waals surface area contributed by atoms with Gasteiger partial charge in [0.15, 0.2) is 12.2 Å². The summed E-state index contributed by atoms with van der Waals surface area (Å²) in [7, 11) is 0. The summed E-state index contributed by atoms with van der Waals surface area (Å²) in [5, 5.41) is 5.77. The molecule has 18 heteroatoms. The van der Waals surface area contributed by atoms with Crippen LogP contribution in [-0.4, -0.2) is 121 Å². The molecule has 6 N–H and O–H groups in total. The van der Waals surface area contributed by atoms with Crippen LogP contribution in [-0.2, 0) is 62.0 Å². The predicted molar refractivity (Wildman–Crippen MR) is 204 cm³/mol. The van der Waals surface area contributed by atoms with Crippen molar-refractivity contribution in [1.82, 2.24) is 15.5 Å². The van der Waals surface area contributed by atoms with E-state index in [-0.39, 0.29) is 24.9 Å². The number of rotatable bonds is 18. The highest BCUT2D eigenvalue weighted by atomic mass is 16.7. The van der Waals surface area contributed by atoms with Crippen LogP contribution in [0.4, 0.5) is 0 Å². The Morgan fingerprint density at radius 1 is 0.879 bits per heavy atom. The van der Waals surface area contributed by atoms with Crippen LogP contribution in [0.3, 0.4) is 0 Å². The van der Waals surface area contributed by atoms with E-state index in [9.17, 15) is 33.6 Å². The summed E-state index contributed by atoms with van der Waals surface area (Å²) in [4.78, 5) is 90.8. The predicted octanol–water partition coefficient (Wildman–Crippen LogP) is 0.770. The Kier molecular flexibility index (Phi) is 18.2. The highest BCUT2D eigenvalue weighted by Gasteiger charge is 2.52. The zero-order valence-corrected chi connectivity index (χ0v) is 33.3. The zero-order valence-electron chi connectivity index (χ0n) is 33.3. The monoisotopic (exact) mass is 814 g/mol. The Hall–Kier alpha value is -5.43. The number of nitrogens with two attached hydrogens (primary N) is 1. The van der Waals surface area contributed by atoms with Crippen molar-refractivity contribution in [2.75, 3.05) is 19.7 Å². The van der Waals surface area contributed by atoms with E-state index < -0.39 is 103 Å². The number of carbonyl (C=O) groups is 7. The molecule has 0 radical (unpaired) electrons. The molecule has 0 aliphatic carbocycles. The van der Waals surface area contributed by atoms with E-state index in [1.54, 1.807) is 6.92 Å². The first-order valence-electron chi connectivity index (χ1n) is 18.8. The van der Waals surface area contributed by atoms with E-state index in [4.69, 9.17) is 34.2 Å². The van der Waals surface area contributed by atoms with Gasteiger partial charge in [0.1, 0.15) is 30.9 Å². The van der Waals surface area contributed by atoms with Gasteiger partial charge in [-0.05, 0) is 43.9 Å². The number of amides is 3. The number of benzene rings is 2. The Morgan fingerprint density at radius 2 is 1.48 bits per heavy atom. The van der Waals surface area contributed by atoms with E-state index in [1.165, 1.54) is 11.8 Å². The number of hydrogen-bond donors (Lipinski definition) is 3. The second-order valence-electron chi connectivity index (χ2n) is 14.0. The van der Waals surface area contributed by atoms with Gasteiger partial charge in [-0.3, -0.25) is 33.6 Å². The Morgan fingerprint density at radius 3 is 1.98 bits per heavy atom. The Bertz CT molecular complexity index is 1670. The molecule has 2 aromatic rings. The van der Waals surface area contributed by atoms with Gasteiger partial charge in [0.25, 0.3) is 0 Å². The number of ether oxygens (including phenoxy) is 6. The maximum Gasteiger partial charge on any atom is 0.306 e. The minimum absolute atomic E-state index is 0. The molecule has 2 aliphatic rings. The molecule has 0 saturated carbocycles. The molecule has 8 atom stereocenters. The Labute approximate surface area is 336 Å². The molecule has 2 fully saturated rings. The van der Waals surface area contributed by atoms with Gasteiger partial charge in [-0.15, -0.1) is 0 Å². The normalized spacial score (nSPS) is 22.3. The van der Waals surface area contributed by atoms with Crippen LogP contribution in [0.15, 0.2) is 60.7 Å². The minimum atomic E-state index is -1.49. The summed E-state index contributed by atoms with van der Waals surface area (Å²) >= 11 is 0. The lowest BCUT2D eigenvalue weighted by Crippen LogP contribution is -2.67. The molecule has 4 rings (SSSR count). The molecule has 2 saturated heterocycles. The first-order chi connectivity index (χ1) is 27.1. The van der Waals surface area contributed by atoms with Crippen LogP contribution in [0.5, 0.6) is 0 Å². The van der Waals surface area contributed by atoms with Crippen LogP contribution in [0.1, 0.15) is 77.5 Å². The summed E-state index contributed by atoms with van der Waals surface area (Å²) in [5.41, 5.74) is 7.42. The third kappa shape index (κ3) is 13.6. The lowest BCUT2D eigenvalue weighted by molar-refractivity contribution is -0.279. The topological polar surface area (TPSA) is 260 Å². The lowest BCUT2D eigenvalue weighted by atomic mass is 9.95. The fourth-order valence-electron chi connectivity index (χ4n) is 6.92. The van der Waals surface area contributed by atoms with Crippen molar-refractivity contribution in [2.45, 2.75) is 115 Å². The summed E-state index contributed by atoms with van der Waals surface area (Å²) in [6, 6.07) is 15.1. The molecular formula is C40H54N4O14. The van der Waals surface area contributed by atoms with Gasteiger partial charge < -0.3 is 55.2 Å². The average molecular weight is 815 g/mol. The van der Waals surface area contributed by atoms with Gasteiger partial charge in [-0.2, -0.15) is 0 Å². The van der Waals surface area contributed by atoms with E-state index in [1.807, 2.05) is 60.7 Å². The first kappa shape index (κ1) is 46.9. The molecule has 318 valence electrons. The van der Waals surface area contributed by atoms with Gasteiger partial charge in [-0.25, -0.2) is 0 Å². The van der Waals surface area contributed by atoms with Crippen LogP contribution < -0.4 is 16.4 Å². The number of primary amides is 1. The van der Waals surface area contributed by atoms with Crippen molar-refractivity contribution >= 4 is 41.6 Å². The van der Waals surface area contributed by atoms with E-state index in [0.29, 0.717) is 19.4 Å². The van der Waals surface area contributed by atoms with Crippen molar-refractivity contribution in [3.8, 4) is 0 Å². The first-order valence-corrected chi connectivity index (χ1v) is 18.8. The number of carbonyl (C=O) groups excluding carboxylic acids is 7. The molecule has 0 bridgehead atoms. The maximum absolute atomic E-state index is 14.1. The van der Waals surface area contributed by atoms with Crippen LogP contribution >= 0.6 is 0 Å². The molecule has 3 amide bonds. The molecule has 2 aliphatic heterocycles. The molecule has 1 unspecified atom stereocenters. The van der Waals surface area contributed by atoms with Crippen LogP contribution in [0.25, 0.3) is 0 Å². The van der Waals surface area contributed by atoms with Crippen molar-refractivity contribution in [3.63, 3.8) is 0 Å². The highest BCUT2D eigenvalue weighted by Crippen LogP contribution is 2.30. The van der Waals surface area contributed by atoms with Gasteiger partial charge in [0, 0.05) is 40.7 Å². The Balaban J connectivity index is 0.00000900. The van der Waals surface area contributed by atoms with Crippen molar-refractivity contribution < 1.29 is 67.5 Å². The standard InChI is InChI=1S/C40H52N4O13.H2O/c1-23(53-37-34(43-24(2)45)40(55-27(5)48)56-32(22-52-25(3)46)36(37)54-26(4)47)21-44(39(51)30-17-12-20-42-30)31(38(41)50)18-19-33(49)57-35(28-13-8-6-9-14-28)29-15-10-7-11-16-29;/h6-11,13-16,23,30-32,34-37,40,42H,12,17-22H2,1-5H3,(H2,41,50)(H,43,45);1H2/t23?,30-,31+,32+,34+,36+,37+,40-;/m0./s1. The SMILES string of the molecule is CC(=O)N[C@H]1[C@@H](OC(C)=O)O[C@H](COC(C)=O)[C@@H](OC(C)=O)[C@@H]1OC(C)CN(C(=O)[C@@H]1CCCN1)[C@H](CCC(=O)OC(c1ccccc1)c1ccccc1)C(N)=O.O. The molecule has 58 heavy (non-hydrogen) atoms. The molecule has 2 aromatic carbocycles. The second kappa shape index (κ2) is 22.5. The van der Waals surface area contributed by atoms with E-state index in [0.717, 1.165) is 31.9 Å². The summed E-state index contributed by atoms with van der Waals surface area (Å²) in [6.45, 7) is 6.05. The summed E-state index contributed by atoms with van der Waals surface area (Å²) in [5.74, 6) is -4.76. The van der Waals surface area contributed by atoms with Gasteiger partial charge >= 0.3 is 23.9 Å². The van der Waals surface area contributed by atoms with E-state index >= 15 is 0 Å². The number of nitrogens with one attached hydrogen (secondary N) is 2. The zero-order chi connectivity index (χ0) is 41.6. The molecule has 2 heterocycles. The van der Waals surface area contributed by atoms with Gasteiger partial charge in [-0.1, -0.05) is 60.7 Å². The fraction of sp³-hybridized carbons (Fsp3) is 0.525. The quantitative estimate of drug-likeness (QED) is 0.139. The van der Waals surface area contributed by atoms with Gasteiger partial charge in [0.05, 0.1) is 12.1 Å². The summed E-state index contributed by atoms with van der Waals surface area (Å²) < 4.78 is 34.5. The third-order valence-electron chi connectivity index (χ3n) is 9.32. The molecule has 0 aromatic heterocycles. The van der Waals surface area contributed by atoms with Crippen LogP contribution in [0, 0.1) is 0 Å². The number of esters is 4. The maximum atomic E-state index is 14.1. The van der Waals surface area contributed by atoms with Gasteiger partial charge in [0.2, 0.25) is 24.0 Å². The highest BCUT2D eigenvalue weighted by molar-refractivity contribution is 5.89. The smallest absolute Gasteiger partial charge is 0.306 e. The fourth-order valence-corrected chi connectivity index (χ4v) is 6.92. The van der Waals surface area contributed by atoms with Crippen molar-refractivity contribution in [2.24, 2.45) is 5.73 Å².